The van der Waals surface area contributed by atoms with E-state index in [0.29, 0.717) is 104 Å². The van der Waals surface area contributed by atoms with Crippen LogP contribution in [0, 0.1) is 26.7 Å². The number of carbonyl (C=O) groups excluding carboxylic acids is 1. The molecule has 1 aliphatic rings. The zero-order chi connectivity index (χ0) is 64.2. The molecule has 12 rings (SSSR count). The monoisotopic (exact) mass is 1290 g/mol. The molecule has 0 spiro atoms. The fourth-order valence-corrected chi connectivity index (χ4v) is 12.3. The van der Waals surface area contributed by atoms with Crippen LogP contribution in [0.25, 0.3) is 91.4 Å². The smallest absolute Gasteiger partial charge is 0.308 e. The second kappa shape index (κ2) is 29.4. The van der Waals surface area contributed by atoms with Crippen LogP contribution in [0.5, 0.6) is 0 Å². The maximum Gasteiger partial charge on any atom is 0.308 e. The largest absolute Gasteiger partial charge is 0.415 e. The summed E-state index contributed by atoms with van der Waals surface area (Å²) < 4.78 is 66.6. The molecule has 1 aliphatic heterocycles. The molecule has 0 aliphatic carbocycles. The summed E-state index contributed by atoms with van der Waals surface area (Å²) in [6.07, 6.45) is 8.73. The maximum atomic E-state index is 12.5. The van der Waals surface area contributed by atoms with Gasteiger partial charge in [0.2, 0.25) is 11.8 Å². The number of sulfone groups is 1. The van der Waals surface area contributed by atoms with Gasteiger partial charge in [-0.05, 0) is 121 Å². The molecule has 4 N–H and O–H groups in total. The van der Waals surface area contributed by atoms with Crippen LogP contribution in [0.2, 0.25) is 0 Å². The van der Waals surface area contributed by atoms with Crippen molar-refractivity contribution in [1.29, 1.82) is 0 Å². The highest BCUT2D eigenvalue weighted by molar-refractivity contribution is 7.92. The molecule has 0 radical (unpaired) electrons. The van der Waals surface area contributed by atoms with Gasteiger partial charge in [0, 0.05) is 68.4 Å². The Morgan fingerprint density at radius 3 is 1.73 bits per heavy atom. The molecule has 3 unspecified atom stereocenters. The fourth-order valence-electron chi connectivity index (χ4n) is 9.51. The standard InChI is InChI=1S/C23H28N6O4S.C21H19N5O2S.C21H18N4O2S.4H2/c1-14(2)34(31,32)18-8-6-17(7-9-18)19-13-25-15(3)20(27-19)22-28-29-23(33-22)21(30)26-12-16-5-4-10-24-11-16;1-13-19(21-26-25-20(28-21)15-7-5-6-14(10-15)11-22)24-17(12-23-13)16-8-3-4-9-18(16)29(2)27;1-3-28(26)18-12-8-7-11-16(18)17-13-22-14(2)19(23-17)21-25-24-20(27-21)15-9-5-4-6-10-15;;;;/h6-9,13-14,16,24H,4-5,10-12H2,1-3H3,(H,26,30);3-10,12H,11,22H2,1-2H3;4-13H,3H2,1-2H3;4*1H. The SMILES string of the molecule is CCS(=O)c1ccccc1-c1cnc(C)c(-c2nnc(-c3ccccc3)o2)n1.Cc1ncc(-c2ccc(S(=O)(=O)C(C)C)cc2)nc1-c1nnc(C(=O)NCC2CCCNC2)o1.Cc1ncc(-c2ccccc2S(C)=O)nc1-c1nnc(-c2cccc(CN)c2)o1.[HH].[HH].[HH].[HH]. The van der Waals surface area contributed by atoms with E-state index in [-0.39, 0.29) is 28.3 Å². The summed E-state index contributed by atoms with van der Waals surface area (Å²) in [5.41, 5.74) is 15.6. The number of hydrogen-bond donors (Lipinski definition) is 3. The van der Waals surface area contributed by atoms with Gasteiger partial charge in [-0.1, -0.05) is 85.8 Å². The second-order valence-electron chi connectivity index (χ2n) is 21.2. The number of aryl methyl sites for hydroxylation is 3. The van der Waals surface area contributed by atoms with Gasteiger partial charge in [0.1, 0.15) is 17.1 Å². The quantitative estimate of drug-likeness (QED) is 0.0762. The van der Waals surface area contributed by atoms with Crippen molar-refractivity contribution in [2.75, 3.05) is 31.6 Å². The molecule has 5 aromatic carbocycles. The molecule has 1 amide bonds. The van der Waals surface area contributed by atoms with Gasteiger partial charge in [0.25, 0.3) is 17.7 Å². The first kappa shape index (κ1) is 64.4. The van der Waals surface area contributed by atoms with Crippen LogP contribution in [-0.4, -0.2) is 120 Å². The lowest BCUT2D eigenvalue weighted by molar-refractivity contribution is 0.0910. The van der Waals surface area contributed by atoms with Crippen LogP contribution >= 0.6 is 0 Å². The number of carbonyl (C=O) groups is 1. The Labute approximate surface area is 536 Å². The van der Waals surface area contributed by atoms with Crippen LogP contribution in [0.3, 0.4) is 0 Å². The predicted octanol–water partition coefficient (Wildman–Crippen LogP) is 11.1. The average molecular weight is 1290 g/mol. The third kappa shape index (κ3) is 15.4. The van der Waals surface area contributed by atoms with E-state index in [1.165, 1.54) is 0 Å². The predicted molar refractivity (Wildman–Crippen MR) is 353 cm³/mol. The van der Waals surface area contributed by atoms with Gasteiger partial charge in [-0.25, -0.2) is 23.4 Å². The Balaban J connectivity index is 0.000000222. The van der Waals surface area contributed by atoms with E-state index in [1.54, 1.807) is 69.9 Å². The first-order chi connectivity index (χ1) is 44.0. The lowest BCUT2D eigenvalue weighted by Gasteiger charge is -2.22. The fraction of sp³-hybridized carbons (Fsp3) is 0.246. The molecule has 1 fully saturated rings. The van der Waals surface area contributed by atoms with E-state index in [4.69, 9.17) is 24.0 Å². The van der Waals surface area contributed by atoms with E-state index in [9.17, 15) is 21.6 Å². The lowest BCUT2D eigenvalue weighted by Crippen LogP contribution is -2.38. The van der Waals surface area contributed by atoms with Gasteiger partial charge < -0.3 is 29.6 Å². The zero-order valence-electron chi connectivity index (χ0n) is 50.9. The van der Waals surface area contributed by atoms with Crippen LogP contribution in [0.4, 0.5) is 0 Å². The number of nitrogens with zero attached hydrogens (tertiary/aromatic N) is 12. The molecule has 6 aromatic heterocycles. The Kier molecular flexibility index (Phi) is 20.8. The molecule has 91 heavy (non-hydrogen) atoms. The van der Waals surface area contributed by atoms with Crippen molar-refractivity contribution in [2.45, 2.75) is 80.9 Å². The van der Waals surface area contributed by atoms with Crippen molar-refractivity contribution < 1.29 is 40.6 Å². The lowest BCUT2D eigenvalue weighted by atomic mass is 10.00. The van der Waals surface area contributed by atoms with E-state index in [1.807, 2.05) is 124 Å². The molecule has 3 atom stereocenters. The number of nitrogens with two attached hydrogens (primary N) is 1. The normalized spacial score (nSPS) is 13.7. The minimum Gasteiger partial charge on any atom is -0.415 e. The summed E-state index contributed by atoms with van der Waals surface area (Å²) in [4.78, 5) is 41.4. The van der Waals surface area contributed by atoms with Crippen molar-refractivity contribution in [3.05, 3.63) is 175 Å². The summed E-state index contributed by atoms with van der Waals surface area (Å²) in [5, 5.41) is 30.1. The summed E-state index contributed by atoms with van der Waals surface area (Å²) in [7, 11) is -5.61. The van der Waals surface area contributed by atoms with Gasteiger partial charge >= 0.3 is 11.8 Å². The Morgan fingerprint density at radius 1 is 0.637 bits per heavy atom. The highest BCUT2D eigenvalue weighted by Crippen LogP contribution is 2.32. The molecule has 0 bridgehead atoms. The first-order valence-electron chi connectivity index (χ1n) is 29.1. The molecule has 7 heterocycles. The Morgan fingerprint density at radius 2 is 1.15 bits per heavy atom. The third-order valence-corrected chi connectivity index (χ3v) is 19.1. The zero-order valence-corrected chi connectivity index (χ0v) is 53.3. The summed E-state index contributed by atoms with van der Waals surface area (Å²) in [6.45, 7) is 13.5. The van der Waals surface area contributed by atoms with Gasteiger partial charge in [0.05, 0.1) is 84.5 Å². The Hall–Kier alpha value is -9.60. The van der Waals surface area contributed by atoms with Gasteiger partial charge in [0.15, 0.2) is 9.84 Å². The third-order valence-electron chi connectivity index (χ3n) is 14.6. The number of piperidine rings is 1. The van der Waals surface area contributed by atoms with Crippen LogP contribution in [-0.2, 0) is 38.0 Å². The van der Waals surface area contributed by atoms with Crippen molar-refractivity contribution >= 4 is 37.3 Å². The molecule has 1 saturated heterocycles. The summed E-state index contributed by atoms with van der Waals surface area (Å²) in [6, 6.07) is 38.6. The number of benzene rings is 5. The number of nitrogens with one attached hydrogen (secondary N) is 2. The van der Waals surface area contributed by atoms with Crippen molar-refractivity contribution in [2.24, 2.45) is 11.7 Å². The van der Waals surface area contributed by atoms with Crippen molar-refractivity contribution in [3.63, 3.8) is 0 Å². The van der Waals surface area contributed by atoms with Crippen LogP contribution in [0.15, 0.2) is 174 Å². The molecular weight excluding hydrogens is 1220 g/mol. The minimum absolute atomic E-state index is 0. The van der Waals surface area contributed by atoms with Crippen molar-refractivity contribution in [1.82, 2.24) is 71.1 Å². The van der Waals surface area contributed by atoms with Gasteiger partial charge in [-0.15, -0.1) is 30.6 Å². The van der Waals surface area contributed by atoms with Crippen molar-refractivity contribution in [3.8, 4) is 91.4 Å². The molecule has 26 heteroatoms. The number of rotatable bonds is 17. The molecule has 474 valence electrons. The highest BCUT2D eigenvalue weighted by atomic mass is 32.2. The van der Waals surface area contributed by atoms with E-state index in [0.717, 1.165) is 58.6 Å². The minimum atomic E-state index is -3.36. The van der Waals surface area contributed by atoms with E-state index >= 15 is 0 Å². The topological polar surface area (TPSA) is 330 Å². The average Bonchev–Trinajstić information content (AvgIpc) is 1.97. The number of hydrogen-bond acceptors (Lipinski definition) is 22. The molecule has 0 saturated carbocycles. The first-order valence-corrected chi connectivity index (χ1v) is 33.5. The highest BCUT2D eigenvalue weighted by Gasteiger charge is 2.24. The molecule has 11 aromatic rings. The van der Waals surface area contributed by atoms with E-state index in [2.05, 4.69) is 66.1 Å². The van der Waals surface area contributed by atoms with Gasteiger partial charge in [-0.2, -0.15) is 0 Å². The van der Waals surface area contributed by atoms with Gasteiger partial charge in [-0.3, -0.25) is 28.2 Å². The van der Waals surface area contributed by atoms with Crippen LogP contribution in [0.1, 0.15) is 72.6 Å². The number of amides is 1. The van der Waals surface area contributed by atoms with E-state index < -0.39 is 42.6 Å². The molecule has 23 nitrogen and oxygen atoms in total. The maximum absolute atomic E-state index is 12.5. The van der Waals surface area contributed by atoms with Crippen LogP contribution < -0.4 is 16.4 Å². The Bertz CT molecular complexity index is 4540. The summed E-state index contributed by atoms with van der Waals surface area (Å²) >= 11 is 0. The number of aromatic nitrogens is 12. The molecular formula is C65H73N15O8S3. The summed E-state index contributed by atoms with van der Waals surface area (Å²) in [5.74, 6) is 1.85. The second-order valence-corrected chi connectivity index (χ2v) is 26.8.